The zero-order chi connectivity index (χ0) is 32.6. The fourth-order valence-corrected chi connectivity index (χ4v) is 5.56. The summed E-state index contributed by atoms with van der Waals surface area (Å²) in [5.41, 5.74) is 6.16. The van der Waals surface area contributed by atoms with Gasteiger partial charge >= 0.3 is 5.97 Å². The maximum absolute atomic E-state index is 13.5. The number of thiazole rings is 1. The van der Waals surface area contributed by atoms with Crippen molar-refractivity contribution in [2.24, 2.45) is 7.05 Å². The standard InChI is InChI=1S/C29H31N9O6S/c1-29(2,3)19-15-45-28(32-19)34-24(42)16-7-8-38-20(13-16)33-23(17(25(38)43)5-6-21(39)40)36-9-11-37(12-10-36)26(44)22(41)18-14-35(4)27(30)31-18/h5-8,13-15H,9-12H2,1-4H3,(H2,30,31)(H,39,40)(H,32,34,42). The van der Waals surface area contributed by atoms with Gasteiger partial charge in [0.05, 0.1) is 11.3 Å². The van der Waals surface area contributed by atoms with Crippen LogP contribution in [0.5, 0.6) is 0 Å². The maximum Gasteiger partial charge on any atom is 0.328 e. The molecule has 4 aromatic heterocycles. The molecular formula is C29H31N9O6S. The van der Waals surface area contributed by atoms with Crippen LogP contribution < -0.4 is 21.5 Å². The average molecular weight is 634 g/mol. The Kier molecular flexibility index (Phi) is 8.25. The number of amides is 2. The molecule has 5 rings (SSSR count). The van der Waals surface area contributed by atoms with Crippen molar-refractivity contribution in [1.29, 1.82) is 0 Å². The van der Waals surface area contributed by atoms with Crippen molar-refractivity contribution in [1.82, 2.24) is 28.8 Å². The van der Waals surface area contributed by atoms with Gasteiger partial charge in [-0.05, 0) is 18.2 Å². The lowest BCUT2D eigenvalue weighted by Crippen LogP contribution is -2.51. The minimum Gasteiger partial charge on any atom is -0.478 e. The summed E-state index contributed by atoms with van der Waals surface area (Å²) in [6.45, 7) is 6.71. The van der Waals surface area contributed by atoms with E-state index in [2.05, 4.69) is 20.3 Å². The van der Waals surface area contributed by atoms with Gasteiger partial charge in [-0.25, -0.2) is 19.7 Å². The van der Waals surface area contributed by atoms with E-state index in [4.69, 9.17) is 5.73 Å². The molecule has 0 radical (unpaired) electrons. The highest BCUT2D eigenvalue weighted by molar-refractivity contribution is 7.14. The van der Waals surface area contributed by atoms with Crippen LogP contribution in [0.1, 0.15) is 52.9 Å². The van der Waals surface area contributed by atoms with Crippen molar-refractivity contribution in [3.8, 4) is 0 Å². The summed E-state index contributed by atoms with van der Waals surface area (Å²) in [5, 5.41) is 14.3. The largest absolute Gasteiger partial charge is 0.478 e. The molecule has 1 fully saturated rings. The number of carboxylic acids is 1. The van der Waals surface area contributed by atoms with E-state index < -0.39 is 29.1 Å². The molecule has 234 valence electrons. The molecule has 0 aliphatic carbocycles. The number of aryl methyl sites for hydroxylation is 1. The van der Waals surface area contributed by atoms with E-state index in [-0.39, 0.29) is 65.8 Å². The van der Waals surface area contributed by atoms with Gasteiger partial charge in [-0.3, -0.25) is 28.9 Å². The average Bonchev–Trinajstić information content (AvgIpc) is 3.61. The van der Waals surface area contributed by atoms with Crippen molar-refractivity contribution in [3.05, 3.63) is 68.9 Å². The zero-order valence-electron chi connectivity index (χ0n) is 25.0. The normalized spacial score (nSPS) is 13.9. The Hall–Kier alpha value is -5.38. The summed E-state index contributed by atoms with van der Waals surface area (Å²) in [7, 11) is 1.61. The van der Waals surface area contributed by atoms with Crippen molar-refractivity contribution >= 4 is 63.5 Å². The van der Waals surface area contributed by atoms with Crippen LogP contribution in [0, 0.1) is 0 Å². The lowest BCUT2D eigenvalue weighted by Gasteiger charge is -2.35. The quantitative estimate of drug-likeness (QED) is 0.152. The molecule has 1 aliphatic rings. The van der Waals surface area contributed by atoms with Gasteiger partial charge in [0.15, 0.2) is 5.13 Å². The Bertz CT molecular complexity index is 1910. The molecule has 2 amide bonds. The SMILES string of the molecule is Cn1cc(C(=O)C(=O)N2CCN(c3nc4cc(C(=O)Nc5nc(C(C)(C)C)cs5)ccn4c(=O)c3C=CC(=O)O)CC2)nc1N. The molecular weight excluding hydrogens is 602 g/mol. The molecule has 16 heteroatoms. The lowest BCUT2D eigenvalue weighted by atomic mass is 9.93. The second-order valence-corrected chi connectivity index (χ2v) is 12.3. The monoisotopic (exact) mass is 633 g/mol. The number of nitrogen functional groups attached to an aromatic ring is 1. The molecule has 0 atom stereocenters. The van der Waals surface area contributed by atoms with Crippen LogP contribution in [0.3, 0.4) is 0 Å². The molecule has 15 nitrogen and oxygen atoms in total. The van der Waals surface area contributed by atoms with E-state index in [0.29, 0.717) is 5.13 Å². The van der Waals surface area contributed by atoms with Crippen LogP contribution in [0.4, 0.5) is 16.9 Å². The molecule has 0 saturated carbocycles. The summed E-state index contributed by atoms with van der Waals surface area (Å²) in [5.74, 6) is -2.94. The number of nitrogens with one attached hydrogen (secondary N) is 1. The number of hydrogen-bond acceptors (Lipinski definition) is 11. The smallest absolute Gasteiger partial charge is 0.328 e. The van der Waals surface area contributed by atoms with Gasteiger partial charge < -0.3 is 25.2 Å². The summed E-state index contributed by atoms with van der Waals surface area (Å²) < 4.78 is 2.66. The number of hydrogen-bond donors (Lipinski definition) is 3. The molecule has 4 N–H and O–H groups in total. The summed E-state index contributed by atoms with van der Waals surface area (Å²) >= 11 is 1.31. The van der Waals surface area contributed by atoms with E-state index in [1.165, 1.54) is 55.8 Å². The van der Waals surface area contributed by atoms with Crippen molar-refractivity contribution in [2.75, 3.05) is 42.1 Å². The van der Waals surface area contributed by atoms with Gasteiger partial charge in [0, 0.05) is 68.1 Å². The number of rotatable bonds is 7. The van der Waals surface area contributed by atoms with Crippen molar-refractivity contribution < 1.29 is 24.3 Å². The highest BCUT2D eigenvalue weighted by Crippen LogP contribution is 2.27. The molecule has 45 heavy (non-hydrogen) atoms. The Morgan fingerprint density at radius 3 is 2.40 bits per heavy atom. The zero-order valence-corrected chi connectivity index (χ0v) is 25.8. The number of carbonyl (C=O) groups excluding carboxylic acids is 3. The third kappa shape index (κ3) is 6.45. The molecule has 4 aromatic rings. The van der Waals surface area contributed by atoms with Crippen LogP contribution in [0.2, 0.25) is 0 Å². The number of piperazine rings is 1. The van der Waals surface area contributed by atoms with E-state index in [1.807, 2.05) is 26.2 Å². The van der Waals surface area contributed by atoms with Crippen LogP contribution in [-0.2, 0) is 22.1 Å². The van der Waals surface area contributed by atoms with Crippen molar-refractivity contribution in [3.63, 3.8) is 0 Å². The van der Waals surface area contributed by atoms with Gasteiger partial charge in [0.2, 0.25) is 5.95 Å². The number of Topliss-reactive ketones (excluding diaryl/α,β-unsaturated/α-hetero) is 1. The molecule has 0 unspecified atom stereocenters. The Morgan fingerprint density at radius 1 is 1.09 bits per heavy atom. The number of imidazole rings is 1. The molecule has 1 saturated heterocycles. The highest BCUT2D eigenvalue weighted by Gasteiger charge is 2.30. The molecule has 0 bridgehead atoms. The fourth-order valence-electron chi connectivity index (χ4n) is 4.63. The summed E-state index contributed by atoms with van der Waals surface area (Å²) in [6, 6.07) is 2.92. The number of anilines is 3. The first-order chi connectivity index (χ1) is 21.2. The molecule has 1 aliphatic heterocycles. The van der Waals surface area contributed by atoms with E-state index >= 15 is 0 Å². The number of fused-ring (bicyclic) bond motifs is 1. The number of pyridine rings is 1. The molecule has 0 spiro atoms. The minimum absolute atomic E-state index is 0.0180. The molecule has 0 aromatic carbocycles. The first kappa shape index (κ1) is 31.1. The van der Waals surface area contributed by atoms with Crippen LogP contribution in [0.25, 0.3) is 11.7 Å². The third-order valence-electron chi connectivity index (χ3n) is 7.20. The topological polar surface area (TPSA) is 198 Å². The van der Waals surface area contributed by atoms with Crippen LogP contribution >= 0.6 is 11.3 Å². The van der Waals surface area contributed by atoms with E-state index in [0.717, 1.165) is 11.8 Å². The predicted molar refractivity (Wildman–Crippen MR) is 168 cm³/mol. The Labute approximate surface area is 260 Å². The van der Waals surface area contributed by atoms with Gasteiger partial charge in [0.1, 0.15) is 17.2 Å². The van der Waals surface area contributed by atoms with Gasteiger partial charge in [-0.15, -0.1) is 11.3 Å². The number of aliphatic carboxylic acids is 1. The minimum atomic E-state index is -1.25. The number of ketones is 1. The second kappa shape index (κ2) is 12.0. The van der Waals surface area contributed by atoms with Gasteiger partial charge in [0.25, 0.3) is 23.2 Å². The predicted octanol–water partition coefficient (Wildman–Crippen LogP) is 1.65. The Morgan fingerprint density at radius 2 is 1.80 bits per heavy atom. The number of carboxylic acid groups (broad SMARTS) is 1. The lowest BCUT2D eigenvalue weighted by molar-refractivity contribution is -0.131. The summed E-state index contributed by atoms with van der Waals surface area (Å²) in [4.78, 5) is 79.7. The molecule has 5 heterocycles. The Balaban J connectivity index is 1.41. The number of aromatic nitrogens is 5. The van der Waals surface area contributed by atoms with Gasteiger partial charge in [-0.1, -0.05) is 20.8 Å². The number of nitrogens with zero attached hydrogens (tertiary/aromatic N) is 7. The first-order valence-corrected chi connectivity index (χ1v) is 14.7. The fraction of sp³-hybridized carbons (Fsp3) is 0.310. The van der Waals surface area contributed by atoms with Crippen LogP contribution in [0.15, 0.2) is 40.8 Å². The second-order valence-electron chi connectivity index (χ2n) is 11.4. The van der Waals surface area contributed by atoms with E-state index in [1.54, 1.807) is 11.9 Å². The first-order valence-electron chi connectivity index (χ1n) is 13.8. The highest BCUT2D eigenvalue weighted by atomic mass is 32.1. The number of carbonyl (C=O) groups is 4. The van der Waals surface area contributed by atoms with Crippen molar-refractivity contribution in [2.45, 2.75) is 26.2 Å². The van der Waals surface area contributed by atoms with E-state index in [9.17, 15) is 29.1 Å². The maximum atomic E-state index is 13.5. The number of nitrogens with two attached hydrogens (primary N) is 1. The third-order valence-corrected chi connectivity index (χ3v) is 7.96. The summed E-state index contributed by atoms with van der Waals surface area (Å²) in [6.07, 6.45) is 4.79. The van der Waals surface area contributed by atoms with Crippen LogP contribution in [-0.4, -0.2) is 83.7 Å². The van der Waals surface area contributed by atoms with Gasteiger partial charge in [-0.2, -0.15) is 0 Å².